The van der Waals surface area contributed by atoms with Gasteiger partial charge in [0.05, 0.1) is 19.3 Å². The number of nitrogens with one attached hydrogen (secondary N) is 1. The number of halogens is 1. The molecule has 0 bridgehead atoms. The molecule has 1 aliphatic heterocycles. The van der Waals surface area contributed by atoms with Gasteiger partial charge in [0.25, 0.3) is 0 Å². The van der Waals surface area contributed by atoms with E-state index in [1.165, 1.54) is 16.6 Å². The fraction of sp³-hybridized carbons (Fsp3) is 0.389. The molecule has 6 nitrogen and oxygen atoms in total. The highest BCUT2D eigenvalue weighted by molar-refractivity contribution is 7.89. The van der Waals surface area contributed by atoms with Crippen LogP contribution in [0.1, 0.15) is 23.6 Å². The Morgan fingerprint density at radius 1 is 1.19 bits per heavy atom. The van der Waals surface area contributed by atoms with Gasteiger partial charge in [-0.25, -0.2) is 17.8 Å². The lowest BCUT2D eigenvalue weighted by Gasteiger charge is -2.26. The van der Waals surface area contributed by atoms with Gasteiger partial charge in [0.1, 0.15) is 16.5 Å². The number of pyridine rings is 1. The van der Waals surface area contributed by atoms with Gasteiger partial charge < -0.3 is 10.1 Å². The molecule has 2 aliphatic rings. The number of sulfonamides is 1. The van der Waals surface area contributed by atoms with Crippen LogP contribution in [0.15, 0.2) is 41.4 Å². The lowest BCUT2D eigenvalue weighted by atomic mass is 10.1. The molecule has 2 aromatic rings. The summed E-state index contributed by atoms with van der Waals surface area (Å²) in [6, 6.07) is 8.04. The maximum Gasteiger partial charge on any atom is 0.244 e. The van der Waals surface area contributed by atoms with Crippen LogP contribution >= 0.6 is 0 Å². The predicted octanol–water partition coefficient (Wildman–Crippen LogP) is 2.34. The first-order chi connectivity index (χ1) is 12.5. The van der Waals surface area contributed by atoms with Crippen LogP contribution in [0, 0.1) is 5.82 Å². The standard InChI is InChI=1S/C18H20FN3O3S/c19-14-3-1-13-2-5-17(16(13)11-14)21-18-6-4-15(12-20-18)26(23,24)22-7-9-25-10-8-22/h1,3-4,6,11-12,17H,2,5,7-10H2,(H,20,21). The summed E-state index contributed by atoms with van der Waals surface area (Å²) in [6.45, 7) is 1.52. The number of hydrogen-bond acceptors (Lipinski definition) is 5. The van der Waals surface area contributed by atoms with Crippen molar-refractivity contribution in [1.29, 1.82) is 0 Å². The van der Waals surface area contributed by atoms with Crippen molar-refractivity contribution in [2.75, 3.05) is 31.6 Å². The summed E-state index contributed by atoms with van der Waals surface area (Å²) >= 11 is 0. The average molecular weight is 377 g/mol. The first kappa shape index (κ1) is 17.4. The van der Waals surface area contributed by atoms with Crippen molar-refractivity contribution < 1.29 is 17.5 Å². The molecular weight excluding hydrogens is 357 g/mol. The van der Waals surface area contributed by atoms with E-state index in [4.69, 9.17) is 4.74 Å². The number of nitrogens with zero attached hydrogens (tertiary/aromatic N) is 2. The zero-order valence-electron chi connectivity index (χ0n) is 14.2. The quantitative estimate of drug-likeness (QED) is 0.886. The van der Waals surface area contributed by atoms with Gasteiger partial charge in [-0.2, -0.15) is 4.31 Å². The van der Waals surface area contributed by atoms with Gasteiger partial charge in [0.2, 0.25) is 10.0 Å². The third-order valence-corrected chi connectivity index (χ3v) is 6.73. The van der Waals surface area contributed by atoms with E-state index in [9.17, 15) is 12.8 Å². The molecule has 1 aliphatic carbocycles. The number of benzene rings is 1. The molecule has 2 heterocycles. The topological polar surface area (TPSA) is 71.5 Å². The van der Waals surface area contributed by atoms with Crippen LogP contribution in [-0.4, -0.2) is 44.0 Å². The smallest absolute Gasteiger partial charge is 0.244 e. The molecule has 26 heavy (non-hydrogen) atoms. The second kappa shape index (κ2) is 6.94. The van der Waals surface area contributed by atoms with Crippen molar-refractivity contribution in [1.82, 2.24) is 9.29 Å². The molecule has 1 atom stereocenters. The molecule has 0 amide bonds. The molecule has 138 valence electrons. The van der Waals surface area contributed by atoms with Gasteiger partial charge in [0, 0.05) is 19.3 Å². The number of aryl methyl sites for hydroxylation is 1. The Bertz CT molecular complexity index is 896. The molecule has 1 N–H and O–H groups in total. The molecule has 8 heteroatoms. The minimum absolute atomic E-state index is 0.0186. The second-order valence-corrected chi connectivity index (χ2v) is 8.41. The van der Waals surface area contributed by atoms with Crippen LogP contribution in [0.3, 0.4) is 0 Å². The molecule has 1 aromatic carbocycles. The Kier molecular flexibility index (Phi) is 4.64. The maximum absolute atomic E-state index is 13.5. The fourth-order valence-electron chi connectivity index (χ4n) is 3.46. The molecule has 1 aromatic heterocycles. The van der Waals surface area contributed by atoms with Gasteiger partial charge >= 0.3 is 0 Å². The minimum atomic E-state index is -3.55. The van der Waals surface area contributed by atoms with E-state index in [2.05, 4.69) is 10.3 Å². The molecule has 0 radical (unpaired) electrons. The lowest BCUT2D eigenvalue weighted by molar-refractivity contribution is 0.0730. The summed E-state index contributed by atoms with van der Waals surface area (Å²) in [5, 5.41) is 3.28. The number of anilines is 1. The van der Waals surface area contributed by atoms with Crippen LogP contribution < -0.4 is 5.32 Å². The van der Waals surface area contributed by atoms with E-state index in [1.54, 1.807) is 18.2 Å². The van der Waals surface area contributed by atoms with Crippen molar-refractivity contribution >= 4 is 15.8 Å². The summed E-state index contributed by atoms with van der Waals surface area (Å²) in [7, 11) is -3.55. The third kappa shape index (κ3) is 3.32. The van der Waals surface area contributed by atoms with E-state index < -0.39 is 10.0 Å². The van der Waals surface area contributed by atoms with Gasteiger partial charge in [-0.1, -0.05) is 6.07 Å². The number of hydrogen-bond donors (Lipinski definition) is 1. The SMILES string of the molecule is O=S(=O)(c1ccc(NC2CCc3ccc(F)cc32)nc1)N1CCOCC1. The highest BCUT2D eigenvalue weighted by Gasteiger charge is 2.27. The van der Waals surface area contributed by atoms with Gasteiger partial charge in [-0.05, 0) is 48.2 Å². The number of aromatic nitrogens is 1. The Morgan fingerprint density at radius 3 is 2.73 bits per heavy atom. The third-order valence-electron chi connectivity index (χ3n) is 4.85. The van der Waals surface area contributed by atoms with Gasteiger partial charge in [-0.3, -0.25) is 0 Å². The van der Waals surface area contributed by atoms with E-state index >= 15 is 0 Å². The monoisotopic (exact) mass is 377 g/mol. The zero-order chi connectivity index (χ0) is 18.1. The summed E-state index contributed by atoms with van der Waals surface area (Å²) < 4.78 is 45.4. The van der Waals surface area contributed by atoms with Crippen molar-refractivity contribution in [3.8, 4) is 0 Å². The Labute approximate surface area is 152 Å². The molecule has 0 spiro atoms. The average Bonchev–Trinajstić information content (AvgIpc) is 3.05. The van der Waals surface area contributed by atoms with Crippen molar-refractivity contribution in [2.45, 2.75) is 23.8 Å². The Morgan fingerprint density at radius 2 is 2.00 bits per heavy atom. The number of fused-ring (bicyclic) bond motifs is 1. The van der Waals surface area contributed by atoms with Crippen LogP contribution in [0.2, 0.25) is 0 Å². The highest BCUT2D eigenvalue weighted by Crippen LogP contribution is 2.34. The Balaban J connectivity index is 1.50. The molecule has 4 rings (SSSR count). The van der Waals surface area contributed by atoms with Crippen LogP contribution in [0.4, 0.5) is 10.2 Å². The normalized spacial score (nSPS) is 20.7. The first-order valence-corrected chi connectivity index (χ1v) is 10.1. The van der Waals surface area contributed by atoms with Crippen LogP contribution in [0.25, 0.3) is 0 Å². The first-order valence-electron chi connectivity index (χ1n) is 8.63. The lowest BCUT2D eigenvalue weighted by Crippen LogP contribution is -2.40. The minimum Gasteiger partial charge on any atom is -0.379 e. The molecular formula is C18H20FN3O3S. The maximum atomic E-state index is 13.5. The predicted molar refractivity (Wildman–Crippen MR) is 94.9 cm³/mol. The summed E-state index contributed by atoms with van der Waals surface area (Å²) in [5.41, 5.74) is 2.08. The summed E-state index contributed by atoms with van der Waals surface area (Å²) in [6.07, 6.45) is 3.11. The number of ether oxygens (including phenoxy) is 1. The van der Waals surface area contributed by atoms with Gasteiger partial charge in [0.15, 0.2) is 0 Å². The van der Waals surface area contributed by atoms with Gasteiger partial charge in [-0.15, -0.1) is 0 Å². The van der Waals surface area contributed by atoms with Crippen LogP contribution in [-0.2, 0) is 21.2 Å². The number of rotatable bonds is 4. The van der Waals surface area contributed by atoms with E-state index in [0.29, 0.717) is 32.1 Å². The summed E-state index contributed by atoms with van der Waals surface area (Å²) in [5.74, 6) is 0.324. The molecule has 1 unspecified atom stereocenters. The largest absolute Gasteiger partial charge is 0.379 e. The zero-order valence-corrected chi connectivity index (χ0v) is 15.0. The van der Waals surface area contributed by atoms with E-state index in [0.717, 1.165) is 24.0 Å². The Hall–Kier alpha value is -2.03. The number of morpholine rings is 1. The van der Waals surface area contributed by atoms with Crippen molar-refractivity contribution in [2.24, 2.45) is 0 Å². The molecule has 1 saturated heterocycles. The van der Waals surface area contributed by atoms with E-state index in [1.807, 2.05) is 6.07 Å². The molecule has 1 fully saturated rings. The van der Waals surface area contributed by atoms with E-state index in [-0.39, 0.29) is 16.8 Å². The van der Waals surface area contributed by atoms with Crippen molar-refractivity contribution in [3.63, 3.8) is 0 Å². The second-order valence-electron chi connectivity index (χ2n) is 6.47. The highest BCUT2D eigenvalue weighted by atomic mass is 32.2. The fourth-order valence-corrected chi connectivity index (χ4v) is 4.81. The summed E-state index contributed by atoms with van der Waals surface area (Å²) in [4.78, 5) is 4.43. The van der Waals surface area contributed by atoms with Crippen LogP contribution in [0.5, 0.6) is 0 Å². The molecule has 0 saturated carbocycles. The van der Waals surface area contributed by atoms with Crippen molar-refractivity contribution in [3.05, 3.63) is 53.5 Å².